The van der Waals surface area contributed by atoms with E-state index in [2.05, 4.69) is 4.98 Å². The molecule has 0 spiro atoms. The van der Waals surface area contributed by atoms with E-state index in [1.807, 2.05) is 13.8 Å². The first-order valence-electron chi connectivity index (χ1n) is 4.73. The van der Waals surface area contributed by atoms with Crippen molar-refractivity contribution < 1.29 is 14.3 Å². The summed E-state index contributed by atoms with van der Waals surface area (Å²) in [7, 11) is 3.03. The van der Waals surface area contributed by atoms with Crippen LogP contribution in [0.15, 0.2) is 12.1 Å². The topological polar surface area (TPSA) is 48.4 Å². The van der Waals surface area contributed by atoms with Crippen LogP contribution in [0.1, 0.15) is 24.3 Å². The molecule has 0 fully saturated rings. The van der Waals surface area contributed by atoms with E-state index >= 15 is 0 Å². The summed E-state index contributed by atoms with van der Waals surface area (Å²) < 4.78 is 10.1. The number of carbonyl (C=O) groups excluding carboxylic acids is 1. The van der Waals surface area contributed by atoms with E-state index in [-0.39, 0.29) is 11.7 Å². The molecule has 0 unspecified atom stereocenters. The van der Waals surface area contributed by atoms with Crippen molar-refractivity contribution in [2.45, 2.75) is 13.8 Å². The molecule has 15 heavy (non-hydrogen) atoms. The predicted molar refractivity (Wildman–Crippen MR) is 56.5 cm³/mol. The highest BCUT2D eigenvalue weighted by Crippen LogP contribution is 2.24. The molecule has 0 radical (unpaired) electrons. The third-order valence-corrected chi connectivity index (χ3v) is 2.02. The zero-order valence-electron chi connectivity index (χ0n) is 9.40. The zero-order chi connectivity index (χ0) is 11.4. The number of hydrogen-bond donors (Lipinski definition) is 0. The van der Waals surface area contributed by atoms with Crippen LogP contribution in [0.25, 0.3) is 0 Å². The molecule has 1 aromatic rings. The minimum absolute atomic E-state index is 0.00375. The van der Waals surface area contributed by atoms with Gasteiger partial charge in [-0.05, 0) is 12.1 Å². The third-order valence-electron chi connectivity index (χ3n) is 2.02. The Bertz CT molecular complexity index is 361. The molecule has 0 aliphatic carbocycles. The smallest absolute Gasteiger partial charge is 0.257 e. The molecule has 0 aromatic carbocycles. The minimum atomic E-state index is -0.0735. The number of rotatable bonds is 4. The molecule has 0 aliphatic rings. The van der Waals surface area contributed by atoms with Crippen molar-refractivity contribution >= 4 is 5.78 Å². The summed E-state index contributed by atoms with van der Waals surface area (Å²) in [5.41, 5.74) is 0.405. The van der Waals surface area contributed by atoms with Crippen molar-refractivity contribution in [2.24, 2.45) is 5.92 Å². The molecule has 1 aromatic heterocycles. The summed E-state index contributed by atoms with van der Waals surface area (Å²) >= 11 is 0. The van der Waals surface area contributed by atoms with Crippen molar-refractivity contribution in [3.8, 4) is 11.6 Å². The summed E-state index contributed by atoms with van der Waals surface area (Å²) in [5, 5.41) is 0. The van der Waals surface area contributed by atoms with E-state index in [0.29, 0.717) is 17.3 Å². The summed E-state index contributed by atoms with van der Waals surface area (Å²) in [6, 6.07) is 3.32. The Labute approximate surface area is 89.2 Å². The number of ether oxygens (including phenoxy) is 2. The fourth-order valence-electron chi connectivity index (χ4n) is 1.16. The molecule has 0 aliphatic heterocycles. The molecular weight excluding hydrogens is 194 g/mol. The number of pyridine rings is 1. The molecule has 0 amide bonds. The third kappa shape index (κ3) is 2.46. The van der Waals surface area contributed by atoms with E-state index in [9.17, 15) is 4.79 Å². The Morgan fingerprint density at radius 3 is 2.40 bits per heavy atom. The lowest BCUT2D eigenvalue weighted by Crippen LogP contribution is -2.10. The summed E-state index contributed by atoms with van der Waals surface area (Å²) in [4.78, 5) is 15.7. The van der Waals surface area contributed by atoms with E-state index in [1.165, 1.54) is 14.2 Å². The van der Waals surface area contributed by atoms with Gasteiger partial charge in [-0.3, -0.25) is 4.79 Å². The Balaban J connectivity index is 3.08. The van der Waals surface area contributed by atoms with Gasteiger partial charge in [0.05, 0.1) is 14.2 Å². The lowest BCUT2D eigenvalue weighted by Gasteiger charge is -2.08. The second kappa shape index (κ2) is 4.77. The van der Waals surface area contributed by atoms with Crippen LogP contribution < -0.4 is 9.47 Å². The van der Waals surface area contributed by atoms with Gasteiger partial charge < -0.3 is 9.47 Å². The van der Waals surface area contributed by atoms with Gasteiger partial charge in [0.1, 0.15) is 5.69 Å². The highest BCUT2D eigenvalue weighted by Gasteiger charge is 2.14. The summed E-state index contributed by atoms with van der Waals surface area (Å²) in [6.07, 6.45) is 0. The van der Waals surface area contributed by atoms with Crippen molar-refractivity contribution in [2.75, 3.05) is 14.2 Å². The number of hydrogen-bond acceptors (Lipinski definition) is 4. The van der Waals surface area contributed by atoms with Crippen molar-refractivity contribution in [1.29, 1.82) is 0 Å². The fourth-order valence-corrected chi connectivity index (χ4v) is 1.16. The van der Waals surface area contributed by atoms with Gasteiger partial charge in [0.15, 0.2) is 11.5 Å². The molecule has 1 rings (SSSR count). The molecule has 0 atom stereocenters. The second-order valence-electron chi connectivity index (χ2n) is 3.43. The monoisotopic (exact) mass is 209 g/mol. The SMILES string of the molecule is COc1ccc(C(=O)C(C)C)nc1OC. The first-order chi connectivity index (χ1) is 7.10. The van der Waals surface area contributed by atoms with Gasteiger partial charge in [0.2, 0.25) is 0 Å². The number of methoxy groups -OCH3 is 2. The molecule has 4 nitrogen and oxygen atoms in total. The first kappa shape index (κ1) is 11.5. The maximum Gasteiger partial charge on any atom is 0.257 e. The molecule has 0 saturated heterocycles. The van der Waals surface area contributed by atoms with Crippen LogP contribution in [0.5, 0.6) is 11.6 Å². The number of ketones is 1. The highest BCUT2D eigenvalue weighted by atomic mass is 16.5. The van der Waals surface area contributed by atoms with Crippen LogP contribution in [-0.4, -0.2) is 25.0 Å². The van der Waals surface area contributed by atoms with E-state index < -0.39 is 0 Å². The van der Waals surface area contributed by atoms with Crippen LogP contribution in [0.2, 0.25) is 0 Å². The van der Waals surface area contributed by atoms with Gasteiger partial charge in [0.25, 0.3) is 5.88 Å². The van der Waals surface area contributed by atoms with Crippen LogP contribution >= 0.6 is 0 Å². The van der Waals surface area contributed by atoms with Gasteiger partial charge in [0, 0.05) is 5.92 Å². The highest BCUT2D eigenvalue weighted by molar-refractivity contribution is 5.95. The van der Waals surface area contributed by atoms with Gasteiger partial charge >= 0.3 is 0 Å². The van der Waals surface area contributed by atoms with Crippen molar-refractivity contribution in [3.05, 3.63) is 17.8 Å². The second-order valence-corrected chi connectivity index (χ2v) is 3.43. The van der Waals surface area contributed by atoms with E-state index in [0.717, 1.165) is 0 Å². The number of Topliss-reactive ketones (excluding diaryl/α,β-unsaturated/α-hetero) is 1. The number of carbonyl (C=O) groups is 1. The Morgan fingerprint density at radius 1 is 1.27 bits per heavy atom. The lowest BCUT2D eigenvalue weighted by atomic mass is 10.1. The van der Waals surface area contributed by atoms with Gasteiger partial charge in [-0.1, -0.05) is 13.8 Å². The van der Waals surface area contributed by atoms with E-state index in [4.69, 9.17) is 9.47 Å². The molecule has 4 heteroatoms. The predicted octanol–water partition coefficient (Wildman–Crippen LogP) is 1.94. The van der Waals surface area contributed by atoms with Crippen molar-refractivity contribution in [3.63, 3.8) is 0 Å². The largest absolute Gasteiger partial charge is 0.491 e. The molecule has 0 N–H and O–H groups in total. The normalized spacial score (nSPS) is 10.2. The molecule has 0 saturated carbocycles. The molecular formula is C11H15NO3. The Kier molecular flexibility index (Phi) is 3.66. The quantitative estimate of drug-likeness (QED) is 0.711. The average molecular weight is 209 g/mol. The first-order valence-corrected chi connectivity index (χ1v) is 4.73. The number of aromatic nitrogens is 1. The van der Waals surface area contributed by atoms with Gasteiger partial charge in [-0.2, -0.15) is 0 Å². The van der Waals surface area contributed by atoms with Crippen LogP contribution in [-0.2, 0) is 0 Å². The van der Waals surface area contributed by atoms with Crippen LogP contribution in [0, 0.1) is 5.92 Å². The lowest BCUT2D eigenvalue weighted by molar-refractivity contribution is 0.0933. The molecule has 82 valence electrons. The Hall–Kier alpha value is -1.58. The van der Waals surface area contributed by atoms with Crippen molar-refractivity contribution in [1.82, 2.24) is 4.98 Å². The van der Waals surface area contributed by atoms with E-state index in [1.54, 1.807) is 12.1 Å². The summed E-state index contributed by atoms with van der Waals surface area (Å²) in [5.74, 6) is 0.786. The number of nitrogens with zero attached hydrogens (tertiary/aromatic N) is 1. The van der Waals surface area contributed by atoms with Gasteiger partial charge in [-0.25, -0.2) is 4.98 Å². The molecule has 1 heterocycles. The molecule has 0 bridgehead atoms. The minimum Gasteiger partial charge on any atom is -0.491 e. The van der Waals surface area contributed by atoms with Crippen LogP contribution in [0.3, 0.4) is 0 Å². The zero-order valence-corrected chi connectivity index (χ0v) is 9.40. The average Bonchev–Trinajstić information content (AvgIpc) is 2.26. The van der Waals surface area contributed by atoms with Gasteiger partial charge in [-0.15, -0.1) is 0 Å². The standard InChI is InChI=1S/C11H15NO3/c1-7(2)10(13)8-5-6-9(14-3)11(12-8)15-4/h5-7H,1-4H3. The maximum atomic E-state index is 11.7. The Morgan fingerprint density at radius 2 is 1.93 bits per heavy atom. The summed E-state index contributed by atoms with van der Waals surface area (Å²) in [6.45, 7) is 3.67. The fraction of sp³-hybridized carbons (Fsp3) is 0.455. The maximum absolute atomic E-state index is 11.7. The van der Waals surface area contributed by atoms with Crippen LogP contribution in [0.4, 0.5) is 0 Å².